The summed E-state index contributed by atoms with van der Waals surface area (Å²) in [6, 6.07) is 9.38. The second kappa shape index (κ2) is 5.04. The van der Waals surface area contributed by atoms with E-state index in [1.165, 1.54) is 30.3 Å². The fourth-order valence-corrected chi connectivity index (χ4v) is 1.78. The van der Waals surface area contributed by atoms with E-state index in [4.69, 9.17) is 0 Å². The molecule has 0 saturated carbocycles. The Kier molecular flexibility index (Phi) is 3.46. The van der Waals surface area contributed by atoms with Crippen LogP contribution < -0.4 is 5.32 Å². The molecule has 18 heavy (non-hydrogen) atoms. The Morgan fingerprint density at radius 2 is 1.78 bits per heavy atom. The molecule has 0 spiro atoms. The van der Waals surface area contributed by atoms with E-state index in [0.29, 0.717) is 11.3 Å². The minimum atomic E-state index is -0.421. The molecule has 0 aliphatic carbocycles. The SMILES string of the molecule is CC(Nc1cccc(F)c1)c1cc(F)ccc1O. The maximum atomic E-state index is 13.1. The lowest BCUT2D eigenvalue weighted by Crippen LogP contribution is -2.07. The van der Waals surface area contributed by atoms with E-state index in [0.717, 1.165) is 0 Å². The molecule has 0 aliphatic heterocycles. The Morgan fingerprint density at radius 1 is 1.06 bits per heavy atom. The van der Waals surface area contributed by atoms with Gasteiger partial charge in [-0.15, -0.1) is 0 Å². The van der Waals surface area contributed by atoms with E-state index in [1.807, 2.05) is 0 Å². The van der Waals surface area contributed by atoms with Gasteiger partial charge in [0.15, 0.2) is 0 Å². The normalized spacial score (nSPS) is 12.2. The van der Waals surface area contributed by atoms with Crippen LogP contribution in [0.3, 0.4) is 0 Å². The van der Waals surface area contributed by atoms with Gasteiger partial charge in [0.25, 0.3) is 0 Å². The quantitative estimate of drug-likeness (QED) is 0.866. The van der Waals surface area contributed by atoms with E-state index in [1.54, 1.807) is 19.1 Å². The van der Waals surface area contributed by atoms with E-state index in [-0.39, 0.29) is 17.6 Å². The Morgan fingerprint density at radius 3 is 2.50 bits per heavy atom. The summed E-state index contributed by atoms with van der Waals surface area (Å²) < 4.78 is 26.1. The van der Waals surface area contributed by atoms with Gasteiger partial charge in [0, 0.05) is 11.3 Å². The Bertz CT molecular complexity index is 557. The summed E-state index contributed by atoms with van der Waals surface area (Å²) in [4.78, 5) is 0. The highest BCUT2D eigenvalue weighted by atomic mass is 19.1. The van der Waals surface area contributed by atoms with Crippen molar-refractivity contribution in [2.24, 2.45) is 0 Å². The molecule has 2 N–H and O–H groups in total. The third-order valence-electron chi connectivity index (χ3n) is 2.66. The van der Waals surface area contributed by atoms with Crippen LogP contribution in [0.1, 0.15) is 18.5 Å². The van der Waals surface area contributed by atoms with Crippen molar-refractivity contribution in [3.63, 3.8) is 0 Å². The third-order valence-corrected chi connectivity index (χ3v) is 2.66. The molecule has 2 aromatic rings. The van der Waals surface area contributed by atoms with Crippen LogP contribution in [-0.4, -0.2) is 5.11 Å². The first kappa shape index (κ1) is 12.4. The van der Waals surface area contributed by atoms with Crippen LogP contribution in [-0.2, 0) is 0 Å². The molecular weight excluding hydrogens is 236 g/mol. The van der Waals surface area contributed by atoms with Crippen LogP contribution in [0.4, 0.5) is 14.5 Å². The molecule has 94 valence electrons. The largest absolute Gasteiger partial charge is 0.508 e. The van der Waals surface area contributed by atoms with Gasteiger partial charge in [-0.05, 0) is 43.3 Å². The van der Waals surface area contributed by atoms with E-state index < -0.39 is 5.82 Å². The van der Waals surface area contributed by atoms with Gasteiger partial charge in [-0.25, -0.2) is 8.78 Å². The predicted molar refractivity (Wildman–Crippen MR) is 66.5 cm³/mol. The highest BCUT2D eigenvalue weighted by molar-refractivity contribution is 5.47. The summed E-state index contributed by atoms with van der Waals surface area (Å²) in [7, 11) is 0. The smallest absolute Gasteiger partial charge is 0.125 e. The van der Waals surface area contributed by atoms with Crippen LogP contribution >= 0.6 is 0 Å². The molecule has 0 amide bonds. The predicted octanol–water partition coefficient (Wildman–Crippen LogP) is 3.84. The molecule has 2 nitrogen and oxygen atoms in total. The molecule has 2 aromatic carbocycles. The molecular formula is C14H13F2NO. The molecule has 0 aromatic heterocycles. The zero-order valence-electron chi connectivity index (χ0n) is 9.82. The number of benzene rings is 2. The van der Waals surface area contributed by atoms with Crippen LogP contribution in [0.25, 0.3) is 0 Å². The highest BCUT2D eigenvalue weighted by Gasteiger charge is 2.11. The van der Waals surface area contributed by atoms with Crippen molar-refractivity contribution in [2.45, 2.75) is 13.0 Å². The molecule has 0 heterocycles. The van der Waals surface area contributed by atoms with Crippen molar-refractivity contribution in [3.8, 4) is 5.75 Å². The maximum Gasteiger partial charge on any atom is 0.125 e. The molecule has 0 aliphatic rings. The van der Waals surface area contributed by atoms with Crippen LogP contribution in [0.15, 0.2) is 42.5 Å². The van der Waals surface area contributed by atoms with Crippen LogP contribution in [0, 0.1) is 11.6 Å². The highest BCUT2D eigenvalue weighted by Crippen LogP contribution is 2.27. The number of nitrogens with one attached hydrogen (secondary N) is 1. The Balaban J connectivity index is 2.21. The van der Waals surface area contributed by atoms with E-state index in [2.05, 4.69) is 5.32 Å². The van der Waals surface area contributed by atoms with Crippen molar-refractivity contribution in [3.05, 3.63) is 59.7 Å². The first-order valence-corrected chi connectivity index (χ1v) is 5.57. The summed E-state index contributed by atoms with van der Waals surface area (Å²) in [5, 5.41) is 12.7. The minimum Gasteiger partial charge on any atom is -0.508 e. The van der Waals surface area contributed by atoms with Gasteiger partial charge in [-0.1, -0.05) is 6.07 Å². The molecule has 1 atom stereocenters. The first-order chi connectivity index (χ1) is 8.56. The second-order valence-corrected chi connectivity index (χ2v) is 4.08. The zero-order chi connectivity index (χ0) is 13.1. The number of hydrogen-bond donors (Lipinski definition) is 2. The van der Waals surface area contributed by atoms with Crippen LogP contribution in [0.2, 0.25) is 0 Å². The van der Waals surface area contributed by atoms with Gasteiger partial charge in [0.1, 0.15) is 17.4 Å². The molecule has 0 bridgehead atoms. The van der Waals surface area contributed by atoms with Gasteiger partial charge in [0.2, 0.25) is 0 Å². The maximum absolute atomic E-state index is 13.1. The molecule has 1 unspecified atom stereocenters. The minimum absolute atomic E-state index is 0.00723. The molecule has 0 fully saturated rings. The van der Waals surface area contributed by atoms with Gasteiger partial charge < -0.3 is 10.4 Å². The second-order valence-electron chi connectivity index (χ2n) is 4.08. The standard InChI is InChI=1S/C14H13F2NO/c1-9(13-8-11(16)5-6-14(13)18)17-12-4-2-3-10(15)7-12/h2-9,17-18H,1H3. The summed E-state index contributed by atoms with van der Waals surface area (Å²) in [5.74, 6) is -0.765. The lowest BCUT2D eigenvalue weighted by atomic mass is 10.1. The fourth-order valence-electron chi connectivity index (χ4n) is 1.78. The fraction of sp³-hybridized carbons (Fsp3) is 0.143. The number of rotatable bonds is 3. The van der Waals surface area contributed by atoms with E-state index in [9.17, 15) is 13.9 Å². The number of aromatic hydroxyl groups is 1. The summed E-state index contributed by atoms with van der Waals surface area (Å²) in [6.07, 6.45) is 0. The molecule has 0 saturated heterocycles. The van der Waals surface area contributed by atoms with Crippen molar-refractivity contribution >= 4 is 5.69 Å². The number of halogens is 2. The summed E-state index contributed by atoms with van der Waals surface area (Å²) >= 11 is 0. The lowest BCUT2D eigenvalue weighted by molar-refractivity contribution is 0.462. The zero-order valence-corrected chi connectivity index (χ0v) is 9.82. The Hall–Kier alpha value is -2.10. The summed E-state index contributed by atoms with van der Waals surface area (Å²) in [5.41, 5.74) is 1.01. The van der Waals surface area contributed by atoms with Gasteiger partial charge in [-0.3, -0.25) is 0 Å². The first-order valence-electron chi connectivity index (χ1n) is 5.57. The van der Waals surface area contributed by atoms with Crippen molar-refractivity contribution in [2.75, 3.05) is 5.32 Å². The number of anilines is 1. The number of hydrogen-bond acceptors (Lipinski definition) is 2. The van der Waals surface area contributed by atoms with E-state index >= 15 is 0 Å². The van der Waals surface area contributed by atoms with Gasteiger partial charge >= 0.3 is 0 Å². The summed E-state index contributed by atoms with van der Waals surface area (Å²) in [6.45, 7) is 1.76. The van der Waals surface area contributed by atoms with Gasteiger partial charge in [0.05, 0.1) is 6.04 Å². The van der Waals surface area contributed by atoms with Gasteiger partial charge in [-0.2, -0.15) is 0 Å². The molecule has 0 radical (unpaired) electrons. The topological polar surface area (TPSA) is 32.3 Å². The average Bonchev–Trinajstić information content (AvgIpc) is 2.32. The number of phenolic OH excluding ortho intramolecular Hbond substituents is 1. The number of phenols is 1. The van der Waals surface area contributed by atoms with Crippen LogP contribution in [0.5, 0.6) is 5.75 Å². The Labute approximate surface area is 104 Å². The van der Waals surface area contributed by atoms with Crippen molar-refractivity contribution in [1.82, 2.24) is 0 Å². The third kappa shape index (κ3) is 2.77. The van der Waals surface area contributed by atoms with Crippen molar-refractivity contribution in [1.29, 1.82) is 0 Å². The molecule has 2 rings (SSSR count). The monoisotopic (exact) mass is 249 g/mol. The average molecular weight is 249 g/mol. The molecule has 4 heteroatoms. The van der Waals surface area contributed by atoms with Crippen molar-refractivity contribution < 1.29 is 13.9 Å². The lowest BCUT2D eigenvalue weighted by Gasteiger charge is -2.17.